The molecule has 3 aromatic carbocycles. The van der Waals surface area contributed by atoms with Gasteiger partial charge < -0.3 is 4.90 Å². The fourth-order valence-corrected chi connectivity index (χ4v) is 4.93. The molecule has 0 atom stereocenters. The minimum atomic E-state index is -0.806. The third-order valence-corrected chi connectivity index (χ3v) is 6.16. The molecule has 0 spiro atoms. The third-order valence-electron chi connectivity index (χ3n) is 4.64. The molecule has 2 nitrogen and oxygen atoms in total. The van der Waals surface area contributed by atoms with Crippen LogP contribution in [0.5, 0.6) is 0 Å². The van der Waals surface area contributed by atoms with Crippen molar-refractivity contribution in [3.63, 3.8) is 0 Å². The van der Waals surface area contributed by atoms with Crippen molar-refractivity contribution in [1.29, 1.82) is 0 Å². The number of hydrogen-bond acceptors (Lipinski definition) is 2. The SMILES string of the molecule is C=CCN1C(=O)C(c2ccccc2)(c2ccccc2)Sc2ccccc21. The van der Waals surface area contributed by atoms with Crippen molar-refractivity contribution in [2.75, 3.05) is 11.4 Å². The van der Waals surface area contributed by atoms with E-state index < -0.39 is 4.75 Å². The first-order valence-electron chi connectivity index (χ1n) is 8.59. The van der Waals surface area contributed by atoms with Crippen LogP contribution in [0.2, 0.25) is 0 Å². The zero-order valence-corrected chi connectivity index (χ0v) is 15.2. The van der Waals surface area contributed by atoms with Crippen LogP contribution in [0.25, 0.3) is 0 Å². The second kappa shape index (κ2) is 6.85. The normalized spacial score (nSPS) is 15.4. The summed E-state index contributed by atoms with van der Waals surface area (Å²) in [6.07, 6.45) is 1.78. The largest absolute Gasteiger partial charge is 0.306 e. The zero-order valence-electron chi connectivity index (χ0n) is 14.3. The number of amides is 1. The van der Waals surface area contributed by atoms with Gasteiger partial charge in [0.1, 0.15) is 4.75 Å². The molecular formula is C23H19NOS. The Morgan fingerprint density at radius 3 is 1.96 bits per heavy atom. The Balaban J connectivity index is 2.00. The predicted molar refractivity (Wildman–Crippen MR) is 109 cm³/mol. The summed E-state index contributed by atoms with van der Waals surface area (Å²) in [6, 6.07) is 28.2. The fraction of sp³-hybridized carbons (Fsp3) is 0.0870. The summed E-state index contributed by atoms with van der Waals surface area (Å²) in [5.41, 5.74) is 2.93. The van der Waals surface area contributed by atoms with Crippen molar-refractivity contribution < 1.29 is 4.79 Å². The molecule has 4 rings (SSSR count). The molecule has 1 amide bonds. The topological polar surface area (TPSA) is 20.3 Å². The van der Waals surface area contributed by atoms with Gasteiger partial charge in [-0.2, -0.15) is 0 Å². The number of carbonyl (C=O) groups excluding carboxylic acids is 1. The predicted octanol–water partition coefficient (Wildman–Crippen LogP) is 5.26. The number of hydrogen-bond donors (Lipinski definition) is 0. The fourth-order valence-electron chi connectivity index (χ4n) is 3.46. The lowest BCUT2D eigenvalue weighted by molar-refractivity contribution is -0.120. The van der Waals surface area contributed by atoms with Crippen LogP contribution >= 0.6 is 11.8 Å². The van der Waals surface area contributed by atoms with Gasteiger partial charge in [-0.3, -0.25) is 4.79 Å². The number of thioether (sulfide) groups is 1. The second-order valence-corrected chi connectivity index (χ2v) is 7.44. The first-order valence-corrected chi connectivity index (χ1v) is 9.41. The minimum absolute atomic E-state index is 0.0681. The Morgan fingerprint density at radius 2 is 1.38 bits per heavy atom. The molecule has 0 unspecified atom stereocenters. The van der Waals surface area contributed by atoms with E-state index in [2.05, 4.69) is 12.6 Å². The molecule has 1 aliphatic rings. The van der Waals surface area contributed by atoms with Crippen LogP contribution in [0.4, 0.5) is 5.69 Å². The Labute approximate surface area is 158 Å². The van der Waals surface area contributed by atoms with Gasteiger partial charge in [-0.1, -0.05) is 90.6 Å². The van der Waals surface area contributed by atoms with Crippen molar-refractivity contribution >= 4 is 23.4 Å². The maximum atomic E-state index is 13.9. The van der Waals surface area contributed by atoms with Crippen LogP contribution in [-0.2, 0) is 9.54 Å². The summed E-state index contributed by atoms with van der Waals surface area (Å²) < 4.78 is -0.806. The van der Waals surface area contributed by atoms with Crippen molar-refractivity contribution in [2.24, 2.45) is 0 Å². The second-order valence-electron chi connectivity index (χ2n) is 6.19. The highest BCUT2D eigenvalue weighted by atomic mass is 32.2. The quantitative estimate of drug-likeness (QED) is 0.594. The van der Waals surface area contributed by atoms with Gasteiger partial charge in [0.15, 0.2) is 0 Å². The first-order chi connectivity index (χ1) is 12.8. The maximum Gasteiger partial charge on any atom is 0.253 e. The van der Waals surface area contributed by atoms with E-state index in [9.17, 15) is 4.79 Å². The van der Waals surface area contributed by atoms with Gasteiger partial charge in [-0.25, -0.2) is 0 Å². The molecule has 1 heterocycles. The third kappa shape index (κ3) is 2.56. The molecule has 128 valence electrons. The van der Waals surface area contributed by atoms with Crippen LogP contribution < -0.4 is 4.90 Å². The molecule has 0 aliphatic carbocycles. The van der Waals surface area contributed by atoms with Crippen LogP contribution in [0, 0.1) is 0 Å². The summed E-state index contributed by atoms with van der Waals surface area (Å²) in [5, 5.41) is 0. The summed E-state index contributed by atoms with van der Waals surface area (Å²) >= 11 is 1.62. The Bertz CT molecular complexity index is 897. The van der Waals surface area contributed by atoms with Gasteiger partial charge in [0.25, 0.3) is 5.91 Å². The summed E-state index contributed by atoms with van der Waals surface area (Å²) in [5.74, 6) is 0.0681. The molecule has 0 bridgehead atoms. The maximum absolute atomic E-state index is 13.9. The highest BCUT2D eigenvalue weighted by molar-refractivity contribution is 8.01. The number of anilines is 1. The standard InChI is InChI=1S/C23H19NOS/c1-2-17-24-20-15-9-10-16-21(20)26-23(22(24)25,18-11-5-3-6-12-18)19-13-7-4-8-14-19/h2-16H,1,17H2. The van der Waals surface area contributed by atoms with Crippen LogP contribution in [-0.4, -0.2) is 12.5 Å². The van der Waals surface area contributed by atoms with E-state index in [0.29, 0.717) is 6.54 Å². The smallest absolute Gasteiger partial charge is 0.253 e. The number of rotatable bonds is 4. The van der Waals surface area contributed by atoms with E-state index in [1.807, 2.05) is 83.8 Å². The summed E-state index contributed by atoms with van der Waals surface area (Å²) in [7, 11) is 0. The number of para-hydroxylation sites is 1. The van der Waals surface area contributed by atoms with Crippen molar-refractivity contribution in [1.82, 2.24) is 0 Å². The monoisotopic (exact) mass is 357 g/mol. The molecule has 26 heavy (non-hydrogen) atoms. The van der Waals surface area contributed by atoms with Gasteiger partial charge in [0.05, 0.1) is 5.69 Å². The Hall–Kier alpha value is -2.78. The molecule has 0 saturated heterocycles. The van der Waals surface area contributed by atoms with E-state index in [1.165, 1.54) is 0 Å². The van der Waals surface area contributed by atoms with Crippen LogP contribution in [0.15, 0.2) is 102 Å². The number of carbonyl (C=O) groups is 1. The molecule has 3 heteroatoms. The van der Waals surface area contributed by atoms with E-state index in [0.717, 1.165) is 21.7 Å². The van der Waals surface area contributed by atoms with Gasteiger partial charge in [0.2, 0.25) is 0 Å². The Morgan fingerprint density at radius 1 is 0.846 bits per heavy atom. The lowest BCUT2D eigenvalue weighted by Crippen LogP contribution is -2.48. The minimum Gasteiger partial charge on any atom is -0.306 e. The van der Waals surface area contributed by atoms with Crippen molar-refractivity contribution in [3.05, 3.63) is 109 Å². The van der Waals surface area contributed by atoms with Crippen LogP contribution in [0.3, 0.4) is 0 Å². The summed E-state index contributed by atoms with van der Waals surface area (Å²) in [6.45, 7) is 4.34. The van der Waals surface area contributed by atoms with E-state index in [1.54, 1.807) is 17.8 Å². The zero-order chi connectivity index (χ0) is 18.0. The molecule has 0 radical (unpaired) electrons. The van der Waals surface area contributed by atoms with Crippen molar-refractivity contribution in [3.8, 4) is 0 Å². The van der Waals surface area contributed by atoms with Crippen molar-refractivity contribution in [2.45, 2.75) is 9.64 Å². The number of fused-ring (bicyclic) bond motifs is 1. The van der Waals surface area contributed by atoms with Gasteiger partial charge in [-0.15, -0.1) is 6.58 Å². The van der Waals surface area contributed by atoms with Gasteiger partial charge >= 0.3 is 0 Å². The number of nitrogens with zero attached hydrogens (tertiary/aromatic N) is 1. The van der Waals surface area contributed by atoms with E-state index >= 15 is 0 Å². The Kier molecular flexibility index (Phi) is 4.39. The molecule has 0 N–H and O–H groups in total. The average molecular weight is 357 g/mol. The lowest BCUT2D eigenvalue weighted by atomic mass is 9.88. The summed E-state index contributed by atoms with van der Waals surface area (Å²) in [4.78, 5) is 16.8. The van der Waals surface area contributed by atoms with Gasteiger partial charge in [0, 0.05) is 11.4 Å². The lowest BCUT2D eigenvalue weighted by Gasteiger charge is -2.42. The van der Waals surface area contributed by atoms with E-state index in [4.69, 9.17) is 0 Å². The van der Waals surface area contributed by atoms with Gasteiger partial charge in [-0.05, 0) is 23.3 Å². The van der Waals surface area contributed by atoms with E-state index in [-0.39, 0.29) is 5.91 Å². The molecule has 0 aromatic heterocycles. The first kappa shape index (κ1) is 16.7. The molecule has 3 aromatic rings. The average Bonchev–Trinajstić information content (AvgIpc) is 2.71. The molecular weight excluding hydrogens is 338 g/mol. The molecule has 0 fully saturated rings. The highest BCUT2D eigenvalue weighted by Gasteiger charge is 2.49. The van der Waals surface area contributed by atoms with Crippen LogP contribution in [0.1, 0.15) is 11.1 Å². The highest BCUT2D eigenvalue weighted by Crippen LogP contribution is 2.54. The number of benzene rings is 3. The molecule has 0 saturated carbocycles. The molecule has 1 aliphatic heterocycles.